The highest BCUT2D eigenvalue weighted by Crippen LogP contribution is 2.17. The van der Waals surface area contributed by atoms with Crippen molar-refractivity contribution >= 4 is 29.4 Å². The second-order valence-corrected chi connectivity index (χ2v) is 7.10. The van der Waals surface area contributed by atoms with Crippen molar-refractivity contribution in [1.82, 2.24) is 10.4 Å². The van der Waals surface area contributed by atoms with Gasteiger partial charge in [-0.2, -0.15) is 0 Å². The minimum Gasteiger partial charge on any atom is -0.461 e. The summed E-state index contributed by atoms with van der Waals surface area (Å²) < 4.78 is 5.29. The Kier molecular flexibility index (Phi) is 10.5. The molecule has 1 aromatic rings. The molecule has 0 aliphatic heterocycles. The molecule has 0 bridgehead atoms. The average Bonchev–Trinajstić information content (AvgIpc) is 2.65. The van der Waals surface area contributed by atoms with Crippen LogP contribution in [0.15, 0.2) is 30.3 Å². The molecule has 0 spiro atoms. The molecule has 27 heavy (non-hydrogen) atoms. The van der Waals surface area contributed by atoms with Gasteiger partial charge in [-0.1, -0.05) is 51.1 Å². The predicted octanol–water partition coefficient (Wildman–Crippen LogP) is 3.29. The third kappa shape index (κ3) is 8.91. The van der Waals surface area contributed by atoms with Crippen LogP contribution in [0, 0.1) is 11.8 Å². The number of alkyl halides is 1. The number of benzene rings is 1. The largest absolute Gasteiger partial charge is 0.461 e. The molecule has 1 rings (SSSR count). The third-order valence-electron chi connectivity index (χ3n) is 3.89. The van der Waals surface area contributed by atoms with E-state index in [9.17, 15) is 14.4 Å². The van der Waals surface area contributed by atoms with E-state index in [-0.39, 0.29) is 36.6 Å². The van der Waals surface area contributed by atoms with Gasteiger partial charge >= 0.3 is 5.97 Å². The van der Waals surface area contributed by atoms with Gasteiger partial charge in [0, 0.05) is 6.54 Å². The smallest absolute Gasteiger partial charge is 0.306 e. The van der Waals surface area contributed by atoms with Gasteiger partial charge in [0.1, 0.15) is 12.5 Å². The number of nitrogens with zero attached hydrogens (tertiary/aromatic N) is 1. The van der Waals surface area contributed by atoms with Crippen molar-refractivity contribution in [2.45, 2.75) is 46.6 Å². The van der Waals surface area contributed by atoms with Gasteiger partial charge in [-0.3, -0.25) is 24.8 Å². The summed E-state index contributed by atoms with van der Waals surface area (Å²) in [6, 6.07) is 9.36. The number of carbonyl (C=O) groups excluding carboxylic acids is 3. The molecule has 0 aromatic heterocycles. The third-order valence-corrected chi connectivity index (χ3v) is 4.12. The molecule has 0 saturated carbocycles. The number of halogens is 1. The first-order valence-electron chi connectivity index (χ1n) is 9.23. The molecule has 150 valence electrons. The lowest BCUT2D eigenvalue weighted by Gasteiger charge is -2.25. The topological polar surface area (TPSA) is 75.7 Å². The van der Waals surface area contributed by atoms with Crippen molar-refractivity contribution in [3.63, 3.8) is 0 Å². The molecule has 2 amide bonds. The molecule has 1 aromatic carbocycles. The van der Waals surface area contributed by atoms with Gasteiger partial charge in [-0.15, -0.1) is 11.6 Å². The second-order valence-electron chi connectivity index (χ2n) is 6.83. The molecule has 0 heterocycles. The number of hydrogen-bond acceptors (Lipinski definition) is 4. The van der Waals surface area contributed by atoms with Gasteiger partial charge in [-0.25, -0.2) is 0 Å². The normalized spacial score (nSPS) is 11.7. The number of hydrazine groups is 1. The first-order valence-corrected chi connectivity index (χ1v) is 9.77. The van der Waals surface area contributed by atoms with Crippen LogP contribution in [0.5, 0.6) is 0 Å². The fourth-order valence-electron chi connectivity index (χ4n) is 2.61. The number of esters is 1. The van der Waals surface area contributed by atoms with E-state index in [0.29, 0.717) is 19.4 Å². The number of nitrogens with one attached hydrogen (secondary N) is 1. The Bertz CT molecular complexity index is 607. The zero-order valence-corrected chi connectivity index (χ0v) is 17.0. The van der Waals surface area contributed by atoms with E-state index >= 15 is 0 Å². The monoisotopic (exact) mass is 396 g/mol. The maximum absolute atomic E-state index is 12.6. The number of hydrogen-bond donors (Lipinski definition) is 1. The Hall–Kier alpha value is -2.08. The van der Waals surface area contributed by atoms with Gasteiger partial charge in [0.15, 0.2) is 0 Å². The van der Waals surface area contributed by atoms with Crippen LogP contribution in [0.1, 0.15) is 45.6 Å². The fraction of sp³-hybridized carbons (Fsp3) is 0.550. The molecule has 0 fully saturated rings. The van der Waals surface area contributed by atoms with Crippen LogP contribution >= 0.6 is 11.6 Å². The van der Waals surface area contributed by atoms with Crippen LogP contribution in [-0.2, 0) is 25.7 Å². The highest BCUT2D eigenvalue weighted by atomic mass is 35.5. The van der Waals surface area contributed by atoms with Crippen LogP contribution in [0.25, 0.3) is 0 Å². The van der Waals surface area contributed by atoms with Crippen LogP contribution in [0.4, 0.5) is 0 Å². The number of ether oxygens (including phenoxy) is 1. The van der Waals surface area contributed by atoms with Gasteiger partial charge in [0.2, 0.25) is 5.91 Å². The fourth-order valence-corrected chi connectivity index (χ4v) is 2.76. The summed E-state index contributed by atoms with van der Waals surface area (Å²) in [5.74, 6) is -1.75. The molecule has 0 saturated heterocycles. The Morgan fingerprint density at radius 3 is 2.41 bits per heavy atom. The van der Waals surface area contributed by atoms with Crippen molar-refractivity contribution in [3.8, 4) is 0 Å². The van der Waals surface area contributed by atoms with E-state index < -0.39 is 11.9 Å². The van der Waals surface area contributed by atoms with E-state index in [4.69, 9.17) is 16.3 Å². The summed E-state index contributed by atoms with van der Waals surface area (Å²) in [6.07, 6.45) is 1.16. The van der Waals surface area contributed by atoms with E-state index in [1.165, 1.54) is 5.01 Å². The summed E-state index contributed by atoms with van der Waals surface area (Å²) in [6.45, 7) is 6.38. The first-order chi connectivity index (χ1) is 12.9. The Labute approximate surface area is 166 Å². The maximum atomic E-state index is 12.6. The van der Waals surface area contributed by atoms with Gasteiger partial charge in [-0.05, 0) is 24.3 Å². The number of rotatable bonds is 10. The molecule has 7 heteroatoms. The lowest BCUT2D eigenvalue weighted by molar-refractivity contribution is -0.150. The van der Waals surface area contributed by atoms with Gasteiger partial charge < -0.3 is 4.74 Å². The lowest BCUT2D eigenvalue weighted by atomic mass is 9.93. The summed E-state index contributed by atoms with van der Waals surface area (Å²) in [4.78, 5) is 36.7. The average molecular weight is 397 g/mol. The molecule has 0 aliphatic carbocycles. The van der Waals surface area contributed by atoms with E-state index in [1.54, 1.807) is 0 Å². The van der Waals surface area contributed by atoms with Crippen molar-refractivity contribution in [1.29, 1.82) is 0 Å². The summed E-state index contributed by atoms with van der Waals surface area (Å²) in [5, 5.41) is 1.22. The molecule has 6 nitrogen and oxygen atoms in total. The number of carbonyl (C=O) groups is 3. The number of amides is 2. The highest BCUT2D eigenvalue weighted by molar-refractivity contribution is 6.27. The zero-order chi connectivity index (χ0) is 20.2. The summed E-state index contributed by atoms with van der Waals surface area (Å²) >= 11 is 5.60. The molecular weight excluding hydrogens is 368 g/mol. The van der Waals surface area contributed by atoms with Crippen molar-refractivity contribution in [2.75, 3.05) is 12.4 Å². The van der Waals surface area contributed by atoms with Crippen LogP contribution < -0.4 is 5.43 Å². The van der Waals surface area contributed by atoms with Crippen molar-refractivity contribution in [3.05, 3.63) is 35.9 Å². The van der Waals surface area contributed by atoms with E-state index in [0.717, 1.165) is 5.56 Å². The lowest BCUT2D eigenvalue weighted by Crippen LogP contribution is -2.49. The molecule has 0 unspecified atom stereocenters. The highest BCUT2D eigenvalue weighted by Gasteiger charge is 2.26. The molecule has 0 aliphatic rings. The first kappa shape index (κ1) is 23.0. The van der Waals surface area contributed by atoms with Crippen molar-refractivity contribution in [2.24, 2.45) is 11.8 Å². The SMILES string of the molecule is CCCN(NC(=O)[C@@H](CC(=O)OCc1ccccc1)CC(C)C)C(=O)CCl. The van der Waals surface area contributed by atoms with Gasteiger partial charge in [0.05, 0.1) is 12.3 Å². The van der Waals surface area contributed by atoms with Crippen LogP contribution in [-0.4, -0.2) is 35.2 Å². The van der Waals surface area contributed by atoms with Crippen molar-refractivity contribution < 1.29 is 19.1 Å². The van der Waals surface area contributed by atoms with Crippen LogP contribution in [0.3, 0.4) is 0 Å². The quantitative estimate of drug-likeness (QED) is 0.374. The van der Waals surface area contributed by atoms with E-state index in [2.05, 4.69) is 5.43 Å². The Morgan fingerprint density at radius 1 is 1.19 bits per heavy atom. The van der Waals surface area contributed by atoms with Gasteiger partial charge in [0.25, 0.3) is 5.91 Å². The minimum atomic E-state index is -0.573. The summed E-state index contributed by atoms with van der Waals surface area (Å²) in [7, 11) is 0. The zero-order valence-electron chi connectivity index (χ0n) is 16.2. The molecule has 1 atom stereocenters. The molecule has 0 radical (unpaired) electrons. The molecule has 1 N–H and O–H groups in total. The maximum Gasteiger partial charge on any atom is 0.306 e. The Balaban J connectivity index is 2.68. The minimum absolute atomic E-state index is 0.0358. The summed E-state index contributed by atoms with van der Waals surface area (Å²) in [5.41, 5.74) is 3.49. The Morgan fingerprint density at radius 2 is 1.85 bits per heavy atom. The standard InChI is InChI=1S/C20H29ClN2O4/c1-4-10-23(18(24)13-21)22-20(26)17(11-15(2)3)12-19(25)27-14-16-8-6-5-7-9-16/h5-9,15,17H,4,10-14H2,1-3H3,(H,22,26)/t17-/m1/s1. The predicted molar refractivity (Wildman–Crippen MR) is 105 cm³/mol. The van der Waals surface area contributed by atoms with Crippen LogP contribution in [0.2, 0.25) is 0 Å². The second kappa shape index (κ2) is 12.3. The van der Waals surface area contributed by atoms with E-state index in [1.807, 2.05) is 51.1 Å². The molecular formula is C20H29ClN2O4.